The lowest BCUT2D eigenvalue weighted by Gasteiger charge is -2.14. The number of aromatic nitrogens is 3. The first-order chi connectivity index (χ1) is 16.1. The molecule has 5 rings (SSSR count). The summed E-state index contributed by atoms with van der Waals surface area (Å²) >= 11 is 0. The average molecular weight is 445 g/mol. The van der Waals surface area contributed by atoms with Crippen molar-refractivity contribution in [2.75, 3.05) is 6.61 Å². The van der Waals surface area contributed by atoms with Gasteiger partial charge in [0.05, 0.1) is 10.9 Å². The van der Waals surface area contributed by atoms with Crippen LogP contribution in [-0.2, 0) is 24.2 Å². The third kappa shape index (κ3) is 4.49. The van der Waals surface area contributed by atoms with Gasteiger partial charge in [0, 0.05) is 36.1 Å². The molecule has 33 heavy (non-hydrogen) atoms. The first kappa shape index (κ1) is 21.2. The summed E-state index contributed by atoms with van der Waals surface area (Å²) in [5.41, 5.74) is 2.91. The molecule has 0 fully saturated rings. The highest BCUT2D eigenvalue weighted by molar-refractivity contribution is 5.83. The molecule has 1 atom stereocenters. The van der Waals surface area contributed by atoms with Crippen LogP contribution in [-0.4, -0.2) is 33.1 Å². The van der Waals surface area contributed by atoms with E-state index in [1.807, 2.05) is 31.3 Å². The molecule has 0 saturated heterocycles. The number of carbonyl (C=O) groups is 1. The highest BCUT2D eigenvalue weighted by Gasteiger charge is 2.15. The molecule has 0 radical (unpaired) electrons. The Morgan fingerprint density at radius 2 is 2.06 bits per heavy atom. The van der Waals surface area contributed by atoms with Crippen LogP contribution in [0.3, 0.4) is 0 Å². The zero-order valence-corrected chi connectivity index (χ0v) is 18.8. The maximum atomic E-state index is 13.0. The van der Waals surface area contributed by atoms with Gasteiger partial charge in [-0.05, 0) is 56.0 Å². The molecule has 0 saturated carbocycles. The number of nitrogens with zero attached hydrogens (tertiary/aromatic N) is 2. The predicted octanol–water partition coefficient (Wildman–Crippen LogP) is 3.73. The molecule has 1 unspecified atom stereocenters. The summed E-state index contributed by atoms with van der Waals surface area (Å²) in [6.45, 7) is 2.58. The molecule has 4 aromatic rings. The van der Waals surface area contributed by atoms with Gasteiger partial charge in [-0.3, -0.25) is 14.2 Å². The van der Waals surface area contributed by atoms with Gasteiger partial charge < -0.3 is 15.0 Å². The number of rotatable bonds is 6. The molecule has 0 aliphatic carbocycles. The molecular formula is C26H28N4O3. The van der Waals surface area contributed by atoms with E-state index in [2.05, 4.69) is 16.4 Å². The molecule has 0 bridgehead atoms. The van der Waals surface area contributed by atoms with Crippen molar-refractivity contribution in [1.29, 1.82) is 0 Å². The first-order valence-corrected chi connectivity index (χ1v) is 11.6. The molecule has 170 valence electrons. The van der Waals surface area contributed by atoms with Crippen LogP contribution < -0.4 is 15.6 Å². The van der Waals surface area contributed by atoms with E-state index in [0.717, 1.165) is 43.4 Å². The smallest absolute Gasteiger partial charge is 0.261 e. The Kier molecular flexibility index (Phi) is 5.86. The molecule has 3 heterocycles. The molecule has 2 aromatic carbocycles. The second-order valence-electron chi connectivity index (χ2n) is 8.80. The minimum atomic E-state index is -0.195. The minimum Gasteiger partial charge on any atom is -0.484 e. The Morgan fingerprint density at radius 3 is 2.97 bits per heavy atom. The SMILES string of the molecule is CC(Cc1c[nH]c2ccccc12)NC(=O)COc1ccc2nc3n(c(=O)c2c1)CCCCC3. The average Bonchev–Trinajstić information content (AvgIpc) is 3.06. The van der Waals surface area contributed by atoms with E-state index in [1.54, 1.807) is 22.8 Å². The maximum Gasteiger partial charge on any atom is 0.261 e. The van der Waals surface area contributed by atoms with Gasteiger partial charge in [-0.2, -0.15) is 0 Å². The van der Waals surface area contributed by atoms with Crippen molar-refractivity contribution < 1.29 is 9.53 Å². The molecule has 1 aliphatic heterocycles. The number of aryl methyl sites for hydroxylation is 1. The van der Waals surface area contributed by atoms with Gasteiger partial charge in [-0.1, -0.05) is 24.6 Å². The Bertz CT molecular complexity index is 1370. The topological polar surface area (TPSA) is 89.0 Å². The lowest BCUT2D eigenvalue weighted by atomic mass is 10.1. The predicted molar refractivity (Wildman–Crippen MR) is 129 cm³/mol. The molecule has 7 nitrogen and oxygen atoms in total. The van der Waals surface area contributed by atoms with E-state index in [-0.39, 0.29) is 24.1 Å². The molecular weight excluding hydrogens is 416 g/mol. The molecule has 1 amide bonds. The van der Waals surface area contributed by atoms with E-state index in [4.69, 9.17) is 9.72 Å². The third-order valence-corrected chi connectivity index (χ3v) is 6.27. The molecule has 0 spiro atoms. The molecule has 2 aromatic heterocycles. The van der Waals surface area contributed by atoms with Crippen molar-refractivity contribution in [2.45, 2.75) is 51.6 Å². The first-order valence-electron chi connectivity index (χ1n) is 11.6. The van der Waals surface area contributed by atoms with Gasteiger partial charge in [0.25, 0.3) is 11.5 Å². The number of nitrogens with one attached hydrogen (secondary N) is 2. The zero-order chi connectivity index (χ0) is 22.8. The third-order valence-electron chi connectivity index (χ3n) is 6.27. The molecule has 2 N–H and O–H groups in total. The quantitative estimate of drug-likeness (QED) is 0.474. The Balaban J connectivity index is 1.23. The molecule has 7 heteroatoms. The van der Waals surface area contributed by atoms with Crippen molar-refractivity contribution in [3.63, 3.8) is 0 Å². The van der Waals surface area contributed by atoms with Gasteiger partial charge >= 0.3 is 0 Å². The Hall–Kier alpha value is -3.61. The largest absolute Gasteiger partial charge is 0.484 e. The number of amides is 1. The Morgan fingerprint density at radius 1 is 1.18 bits per heavy atom. The van der Waals surface area contributed by atoms with E-state index in [0.29, 0.717) is 23.2 Å². The van der Waals surface area contributed by atoms with E-state index < -0.39 is 0 Å². The number of H-pyrrole nitrogens is 1. The van der Waals surface area contributed by atoms with Crippen LogP contribution in [0.25, 0.3) is 21.8 Å². The fourth-order valence-electron chi connectivity index (χ4n) is 4.63. The van der Waals surface area contributed by atoms with Crippen LogP contribution in [0.1, 0.15) is 37.6 Å². The summed E-state index contributed by atoms with van der Waals surface area (Å²) in [5, 5.41) is 4.70. The zero-order valence-electron chi connectivity index (χ0n) is 18.8. The van der Waals surface area contributed by atoms with Crippen LogP contribution in [0.15, 0.2) is 53.5 Å². The van der Waals surface area contributed by atoms with Crippen LogP contribution in [0.5, 0.6) is 5.75 Å². The van der Waals surface area contributed by atoms with E-state index in [1.165, 1.54) is 10.9 Å². The summed E-state index contributed by atoms with van der Waals surface area (Å²) in [4.78, 5) is 33.4. The summed E-state index contributed by atoms with van der Waals surface area (Å²) < 4.78 is 7.50. The monoisotopic (exact) mass is 444 g/mol. The number of carbonyl (C=O) groups excluding carboxylic acids is 1. The van der Waals surface area contributed by atoms with Crippen LogP contribution >= 0.6 is 0 Å². The highest BCUT2D eigenvalue weighted by atomic mass is 16.5. The van der Waals surface area contributed by atoms with Crippen molar-refractivity contribution in [2.24, 2.45) is 0 Å². The lowest BCUT2D eigenvalue weighted by molar-refractivity contribution is -0.123. The number of aromatic amines is 1. The lowest BCUT2D eigenvalue weighted by Crippen LogP contribution is -2.37. The second kappa shape index (κ2) is 9.10. The number of fused-ring (bicyclic) bond motifs is 3. The maximum absolute atomic E-state index is 13.0. The van der Waals surface area contributed by atoms with Gasteiger partial charge in [0.15, 0.2) is 6.61 Å². The minimum absolute atomic E-state index is 0.0286. The fraction of sp³-hybridized carbons (Fsp3) is 0.346. The van der Waals surface area contributed by atoms with Crippen LogP contribution in [0, 0.1) is 0 Å². The van der Waals surface area contributed by atoms with Crippen LogP contribution in [0.2, 0.25) is 0 Å². The second-order valence-corrected chi connectivity index (χ2v) is 8.80. The number of hydrogen-bond donors (Lipinski definition) is 2. The van der Waals surface area contributed by atoms with Crippen LogP contribution in [0.4, 0.5) is 0 Å². The van der Waals surface area contributed by atoms with Gasteiger partial charge in [-0.25, -0.2) is 4.98 Å². The van der Waals surface area contributed by atoms with E-state index >= 15 is 0 Å². The normalized spacial score (nSPS) is 14.6. The van der Waals surface area contributed by atoms with Crippen molar-refractivity contribution >= 4 is 27.7 Å². The summed E-state index contributed by atoms with van der Waals surface area (Å²) in [5.74, 6) is 1.16. The number of para-hydroxylation sites is 1. The highest BCUT2D eigenvalue weighted by Crippen LogP contribution is 2.21. The number of benzene rings is 2. The fourth-order valence-corrected chi connectivity index (χ4v) is 4.63. The summed E-state index contributed by atoms with van der Waals surface area (Å²) in [6, 6.07) is 13.4. The molecule has 1 aliphatic rings. The standard InChI is InChI=1S/C26H28N4O3/c1-17(13-18-15-27-22-8-5-4-7-20(18)22)28-25(31)16-33-19-10-11-23-21(14-19)26(32)30-12-6-2-3-9-24(30)29-23/h4-5,7-8,10-11,14-15,17,27H,2-3,6,9,12-13,16H2,1H3,(H,28,31). The Labute approximate surface area is 191 Å². The van der Waals surface area contributed by atoms with Gasteiger partial charge in [-0.15, -0.1) is 0 Å². The number of ether oxygens (including phenoxy) is 1. The van der Waals surface area contributed by atoms with Crippen molar-refractivity contribution in [1.82, 2.24) is 19.9 Å². The number of hydrogen-bond acceptors (Lipinski definition) is 4. The van der Waals surface area contributed by atoms with Gasteiger partial charge in [0.2, 0.25) is 0 Å². The van der Waals surface area contributed by atoms with Gasteiger partial charge in [0.1, 0.15) is 11.6 Å². The van der Waals surface area contributed by atoms with E-state index in [9.17, 15) is 9.59 Å². The van der Waals surface area contributed by atoms with Crippen molar-refractivity contribution in [3.05, 3.63) is 70.4 Å². The van der Waals surface area contributed by atoms with Crippen molar-refractivity contribution in [3.8, 4) is 5.75 Å². The summed E-state index contributed by atoms with van der Waals surface area (Å²) in [7, 11) is 0. The summed E-state index contributed by atoms with van der Waals surface area (Å²) in [6.07, 6.45) is 6.72.